The molecule has 2 heterocycles. The molecule has 0 unspecified atom stereocenters. The molecule has 2 aromatic heterocycles. The average Bonchev–Trinajstić information content (AvgIpc) is 3.40. The van der Waals surface area contributed by atoms with E-state index in [1.165, 1.54) is 16.9 Å². The number of nitrogens with one attached hydrogen (secondary N) is 2. The van der Waals surface area contributed by atoms with Crippen molar-refractivity contribution in [3.63, 3.8) is 0 Å². The van der Waals surface area contributed by atoms with Crippen LogP contribution in [0.1, 0.15) is 16.5 Å². The molecule has 0 radical (unpaired) electrons. The SMILES string of the molecule is O=C(COc1cccc(Cl)c1)NCCNC(=O)c1nc(Cn2ccc([N+](=O)[O-])n2)no1. The van der Waals surface area contributed by atoms with Crippen molar-refractivity contribution in [2.75, 3.05) is 19.7 Å². The second kappa shape index (κ2) is 10.2. The van der Waals surface area contributed by atoms with Gasteiger partial charge in [-0.2, -0.15) is 9.67 Å². The van der Waals surface area contributed by atoms with Crippen molar-refractivity contribution in [2.45, 2.75) is 6.54 Å². The van der Waals surface area contributed by atoms with Crippen LogP contribution in [0.5, 0.6) is 5.75 Å². The van der Waals surface area contributed by atoms with Crippen LogP contribution in [0.3, 0.4) is 0 Å². The van der Waals surface area contributed by atoms with Gasteiger partial charge in [0.05, 0.1) is 17.4 Å². The second-order valence-corrected chi connectivity index (χ2v) is 6.43. The molecule has 3 rings (SSSR count). The molecule has 1 aromatic carbocycles. The van der Waals surface area contributed by atoms with Crippen molar-refractivity contribution < 1.29 is 23.8 Å². The van der Waals surface area contributed by atoms with E-state index < -0.39 is 10.8 Å². The highest BCUT2D eigenvalue weighted by molar-refractivity contribution is 6.30. The van der Waals surface area contributed by atoms with Crippen LogP contribution in [0.2, 0.25) is 5.02 Å². The van der Waals surface area contributed by atoms with Gasteiger partial charge in [-0.25, -0.2) is 0 Å². The fourth-order valence-corrected chi connectivity index (χ4v) is 2.48. The van der Waals surface area contributed by atoms with Crippen molar-refractivity contribution in [3.8, 4) is 5.75 Å². The lowest BCUT2D eigenvalue weighted by Gasteiger charge is -2.08. The van der Waals surface area contributed by atoms with Crippen molar-refractivity contribution in [3.05, 3.63) is 63.4 Å². The molecule has 0 fully saturated rings. The van der Waals surface area contributed by atoms with E-state index in [-0.39, 0.29) is 49.7 Å². The highest BCUT2D eigenvalue weighted by atomic mass is 35.5. The largest absolute Gasteiger partial charge is 0.484 e. The highest BCUT2D eigenvalue weighted by Gasteiger charge is 2.17. The number of nitro groups is 1. The molecule has 0 saturated heterocycles. The Morgan fingerprint density at radius 3 is 2.81 bits per heavy atom. The summed E-state index contributed by atoms with van der Waals surface area (Å²) in [6.45, 7) is 0.0619. The first-order chi connectivity index (χ1) is 14.9. The van der Waals surface area contributed by atoms with Crippen LogP contribution in [-0.4, -0.2) is 56.4 Å². The van der Waals surface area contributed by atoms with E-state index in [0.29, 0.717) is 10.8 Å². The van der Waals surface area contributed by atoms with Crippen LogP contribution >= 0.6 is 11.6 Å². The molecular weight excluding hydrogens is 434 g/mol. The van der Waals surface area contributed by atoms with Gasteiger partial charge in [-0.3, -0.25) is 9.59 Å². The molecule has 3 aromatic rings. The zero-order valence-electron chi connectivity index (χ0n) is 15.9. The number of benzene rings is 1. The lowest BCUT2D eigenvalue weighted by molar-refractivity contribution is -0.389. The van der Waals surface area contributed by atoms with Gasteiger partial charge in [-0.15, -0.1) is 0 Å². The highest BCUT2D eigenvalue weighted by Crippen LogP contribution is 2.16. The molecule has 0 spiro atoms. The van der Waals surface area contributed by atoms with Crippen LogP contribution in [0.25, 0.3) is 0 Å². The lowest BCUT2D eigenvalue weighted by atomic mass is 10.3. The fourth-order valence-electron chi connectivity index (χ4n) is 2.30. The number of hydrogen-bond donors (Lipinski definition) is 2. The first-order valence-corrected chi connectivity index (χ1v) is 9.22. The molecule has 0 bridgehead atoms. The number of halogens is 1. The number of nitrogens with zero attached hydrogens (tertiary/aromatic N) is 5. The molecule has 31 heavy (non-hydrogen) atoms. The summed E-state index contributed by atoms with van der Waals surface area (Å²) in [5, 5.41) is 23.6. The van der Waals surface area contributed by atoms with Crippen molar-refractivity contribution in [1.29, 1.82) is 0 Å². The van der Waals surface area contributed by atoms with Gasteiger partial charge in [0.15, 0.2) is 12.4 Å². The van der Waals surface area contributed by atoms with E-state index in [0.717, 1.165) is 0 Å². The van der Waals surface area contributed by atoms with Crippen LogP contribution in [0.15, 0.2) is 41.1 Å². The van der Waals surface area contributed by atoms with Crippen LogP contribution in [0, 0.1) is 10.1 Å². The summed E-state index contributed by atoms with van der Waals surface area (Å²) in [5.74, 6) is -1.02. The van der Waals surface area contributed by atoms with Gasteiger partial charge in [-0.05, 0) is 23.1 Å². The van der Waals surface area contributed by atoms with E-state index in [9.17, 15) is 19.7 Å². The quantitative estimate of drug-likeness (QED) is 0.258. The van der Waals surface area contributed by atoms with Gasteiger partial charge < -0.3 is 30.0 Å². The maximum absolute atomic E-state index is 12.0. The third-order valence-electron chi connectivity index (χ3n) is 3.68. The first kappa shape index (κ1) is 21.7. The maximum atomic E-state index is 12.0. The summed E-state index contributed by atoms with van der Waals surface area (Å²) in [6.07, 6.45) is 1.38. The summed E-state index contributed by atoms with van der Waals surface area (Å²) in [6, 6.07) is 7.87. The molecule has 2 N–H and O–H groups in total. The first-order valence-electron chi connectivity index (χ1n) is 8.84. The minimum atomic E-state index is -0.631. The van der Waals surface area contributed by atoms with Gasteiger partial charge in [-0.1, -0.05) is 22.8 Å². The number of rotatable bonds is 10. The van der Waals surface area contributed by atoms with E-state index in [1.807, 2.05) is 0 Å². The van der Waals surface area contributed by atoms with Crippen LogP contribution in [-0.2, 0) is 11.3 Å². The van der Waals surface area contributed by atoms with Gasteiger partial charge >= 0.3 is 17.6 Å². The molecule has 0 aliphatic rings. The summed E-state index contributed by atoms with van der Waals surface area (Å²) in [5.41, 5.74) is 0. The van der Waals surface area contributed by atoms with Crippen LogP contribution in [0.4, 0.5) is 5.82 Å². The maximum Gasteiger partial charge on any atom is 0.389 e. The predicted octanol–water partition coefficient (Wildman–Crippen LogP) is 0.801. The number of ether oxygens (including phenoxy) is 1. The molecule has 0 aliphatic heterocycles. The summed E-state index contributed by atoms with van der Waals surface area (Å²) < 4.78 is 11.4. The molecule has 0 saturated carbocycles. The van der Waals surface area contributed by atoms with Gasteiger partial charge in [0.2, 0.25) is 0 Å². The topological polar surface area (TPSA) is 167 Å². The van der Waals surface area contributed by atoms with E-state index >= 15 is 0 Å². The van der Waals surface area contributed by atoms with Crippen LogP contribution < -0.4 is 15.4 Å². The number of aromatic nitrogens is 4. The minimum Gasteiger partial charge on any atom is -0.484 e. The molecule has 0 aliphatic carbocycles. The van der Waals surface area contributed by atoms with Crippen molar-refractivity contribution in [2.24, 2.45) is 0 Å². The predicted molar refractivity (Wildman–Crippen MR) is 105 cm³/mol. The third kappa shape index (κ3) is 6.50. The van der Waals surface area contributed by atoms with Gasteiger partial charge in [0.1, 0.15) is 12.3 Å². The normalized spacial score (nSPS) is 10.5. The van der Waals surface area contributed by atoms with E-state index in [4.69, 9.17) is 20.9 Å². The lowest BCUT2D eigenvalue weighted by Crippen LogP contribution is -2.36. The molecule has 14 heteroatoms. The zero-order valence-corrected chi connectivity index (χ0v) is 16.6. The Kier molecular flexibility index (Phi) is 7.11. The van der Waals surface area contributed by atoms with Crippen molar-refractivity contribution in [1.82, 2.24) is 30.6 Å². The minimum absolute atomic E-state index is 0.00664. The Balaban J connectivity index is 1.36. The average molecular weight is 450 g/mol. The molecule has 162 valence electrons. The Morgan fingerprint density at radius 2 is 2.06 bits per heavy atom. The van der Waals surface area contributed by atoms with Crippen molar-refractivity contribution >= 4 is 29.2 Å². The Morgan fingerprint density at radius 1 is 1.26 bits per heavy atom. The third-order valence-corrected chi connectivity index (χ3v) is 3.91. The van der Waals surface area contributed by atoms with Gasteiger partial charge in [0, 0.05) is 18.1 Å². The molecule has 2 amide bonds. The summed E-state index contributed by atoms with van der Waals surface area (Å²) >= 11 is 5.83. The molecule has 13 nitrogen and oxygen atoms in total. The molecule has 0 atom stereocenters. The van der Waals surface area contributed by atoms with E-state index in [2.05, 4.69) is 25.9 Å². The van der Waals surface area contributed by atoms with Gasteiger partial charge in [0.25, 0.3) is 5.91 Å². The standard InChI is InChI=1S/C17H16ClN7O6/c18-11-2-1-3-12(8-11)30-10-15(26)19-5-6-20-16(27)17-21-13(23-31-17)9-24-7-4-14(22-24)25(28)29/h1-4,7-8H,5-6,9-10H2,(H,19,26)(H,20,27). The fraction of sp³-hybridized carbons (Fsp3) is 0.235. The second-order valence-electron chi connectivity index (χ2n) is 6.00. The Bertz CT molecular complexity index is 1080. The number of hydrogen-bond acceptors (Lipinski definition) is 9. The smallest absolute Gasteiger partial charge is 0.389 e. The monoisotopic (exact) mass is 449 g/mol. The zero-order chi connectivity index (χ0) is 22.2. The number of carbonyl (C=O) groups excluding carboxylic acids is 2. The Labute approximate surface area is 179 Å². The summed E-state index contributed by atoms with van der Waals surface area (Å²) in [7, 11) is 0. The van der Waals surface area contributed by atoms with E-state index in [1.54, 1.807) is 24.3 Å². The summed E-state index contributed by atoms with van der Waals surface area (Å²) in [4.78, 5) is 37.7. The Hall–Kier alpha value is -4.00. The molecular formula is C17H16ClN7O6. The number of carbonyl (C=O) groups is 2. The number of amides is 2.